The Kier molecular flexibility index (Phi) is 5.86. The van der Waals surface area contributed by atoms with Gasteiger partial charge in [0.25, 0.3) is 5.91 Å². The molecule has 0 bridgehead atoms. The molecule has 2 fully saturated rings. The number of amides is 1. The van der Waals surface area contributed by atoms with Crippen LogP contribution in [0.5, 0.6) is 0 Å². The van der Waals surface area contributed by atoms with Crippen LogP contribution in [0.15, 0.2) is 30.5 Å². The molecule has 1 atom stereocenters. The first kappa shape index (κ1) is 21.3. The summed E-state index contributed by atoms with van der Waals surface area (Å²) in [6.45, 7) is 4.22. The molecule has 1 spiro atoms. The van der Waals surface area contributed by atoms with Crippen LogP contribution in [0.3, 0.4) is 0 Å². The van der Waals surface area contributed by atoms with E-state index < -0.39 is 5.60 Å². The van der Waals surface area contributed by atoms with Crippen LogP contribution in [0.2, 0.25) is 0 Å². The minimum Gasteiger partial charge on any atom is -0.368 e. The number of carbonyl (C=O) groups excluding carboxylic acids is 1. The van der Waals surface area contributed by atoms with Gasteiger partial charge in [-0.1, -0.05) is 12.1 Å². The fourth-order valence-electron chi connectivity index (χ4n) is 5.30. The molecule has 2 aromatic rings. The number of likely N-dealkylation sites (tertiary alicyclic amines) is 1. The molecule has 170 valence electrons. The van der Waals surface area contributed by atoms with Crippen molar-refractivity contribution in [3.05, 3.63) is 52.8 Å². The number of hydrogen-bond donors (Lipinski definition) is 1. The molecule has 1 amide bonds. The molecule has 0 aliphatic carbocycles. The molecule has 3 aliphatic heterocycles. The molecule has 4 heterocycles. The monoisotopic (exact) mass is 435 g/mol. The van der Waals surface area contributed by atoms with Crippen molar-refractivity contribution >= 4 is 11.9 Å². The van der Waals surface area contributed by atoms with Crippen LogP contribution in [0.1, 0.15) is 46.4 Å². The third-order valence-electron chi connectivity index (χ3n) is 7.15. The Bertz CT molecular complexity index is 978. The van der Waals surface area contributed by atoms with Crippen LogP contribution < -0.4 is 10.2 Å². The second-order valence-corrected chi connectivity index (χ2v) is 9.59. The van der Waals surface area contributed by atoms with Gasteiger partial charge in [0.05, 0.1) is 12.3 Å². The minimum atomic E-state index is -0.407. The normalized spacial score (nSPS) is 22.1. The first-order valence-corrected chi connectivity index (χ1v) is 11.8. The molecule has 3 aliphatic rings. The van der Waals surface area contributed by atoms with E-state index in [9.17, 15) is 4.79 Å². The second-order valence-electron chi connectivity index (χ2n) is 9.59. The van der Waals surface area contributed by atoms with Gasteiger partial charge in [-0.25, -0.2) is 9.97 Å². The van der Waals surface area contributed by atoms with Crippen LogP contribution in [-0.4, -0.2) is 67.7 Å². The molecule has 32 heavy (non-hydrogen) atoms. The zero-order chi connectivity index (χ0) is 22.1. The number of piperidine rings is 1. The molecule has 7 heteroatoms. The highest BCUT2D eigenvalue weighted by molar-refractivity contribution is 5.94. The van der Waals surface area contributed by atoms with E-state index in [1.54, 1.807) is 0 Å². The molecule has 1 unspecified atom stereocenters. The zero-order valence-electron chi connectivity index (χ0n) is 19.1. The van der Waals surface area contributed by atoms with E-state index in [4.69, 9.17) is 9.72 Å². The number of aromatic nitrogens is 2. The van der Waals surface area contributed by atoms with Gasteiger partial charge in [-0.3, -0.25) is 4.79 Å². The lowest BCUT2D eigenvalue weighted by Gasteiger charge is -2.44. The molecule has 1 N–H and O–H groups in total. The summed E-state index contributed by atoms with van der Waals surface area (Å²) in [6, 6.07) is 8.21. The zero-order valence-corrected chi connectivity index (χ0v) is 19.1. The summed E-state index contributed by atoms with van der Waals surface area (Å²) in [4.78, 5) is 26.5. The Morgan fingerprint density at radius 3 is 2.91 bits per heavy atom. The van der Waals surface area contributed by atoms with Crippen molar-refractivity contribution in [3.63, 3.8) is 0 Å². The molecule has 1 aromatic carbocycles. The first-order chi connectivity index (χ1) is 15.5. The quantitative estimate of drug-likeness (QED) is 0.795. The van der Waals surface area contributed by atoms with Crippen molar-refractivity contribution in [2.45, 2.75) is 37.7 Å². The number of rotatable bonds is 4. The van der Waals surface area contributed by atoms with E-state index in [1.165, 1.54) is 17.5 Å². The summed E-state index contributed by atoms with van der Waals surface area (Å²) in [6.07, 6.45) is 6.58. The number of hydrogen-bond acceptors (Lipinski definition) is 6. The topological polar surface area (TPSA) is 70.6 Å². The van der Waals surface area contributed by atoms with E-state index in [-0.39, 0.29) is 5.91 Å². The standard InChI is InChI=1S/C25H33N5O2/c1-29(2)24-27-17-21-7-13-32-25(22(21)28-24)8-11-30(12-9-25)23(31)20-5-3-4-18(15-20)14-19-6-10-26-16-19/h3-5,15,17,19,26H,6-14,16H2,1-2H3. The maximum Gasteiger partial charge on any atom is 0.253 e. The Labute approximate surface area is 190 Å². The summed E-state index contributed by atoms with van der Waals surface area (Å²) < 4.78 is 6.34. The van der Waals surface area contributed by atoms with Crippen molar-refractivity contribution in [1.82, 2.24) is 20.2 Å². The van der Waals surface area contributed by atoms with Crippen molar-refractivity contribution in [3.8, 4) is 0 Å². The van der Waals surface area contributed by atoms with E-state index in [2.05, 4.69) is 22.4 Å². The number of fused-ring (bicyclic) bond motifs is 2. The van der Waals surface area contributed by atoms with Crippen molar-refractivity contribution in [2.24, 2.45) is 5.92 Å². The predicted molar refractivity (Wildman–Crippen MR) is 124 cm³/mol. The fourth-order valence-corrected chi connectivity index (χ4v) is 5.30. The van der Waals surface area contributed by atoms with Gasteiger partial charge in [-0.05, 0) is 74.4 Å². The Hall–Kier alpha value is -2.51. The van der Waals surface area contributed by atoms with Crippen LogP contribution in [0.25, 0.3) is 0 Å². The summed E-state index contributed by atoms with van der Waals surface area (Å²) >= 11 is 0. The average Bonchev–Trinajstić information content (AvgIpc) is 3.32. The van der Waals surface area contributed by atoms with E-state index >= 15 is 0 Å². The van der Waals surface area contributed by atoms with Gasteiger partial charge in [0, 0.05) is 38.9 Å². The highest BCUT2D eigenvalue weighted by atomic mass is 16.5. The van der Waals surface area contributed by atoms with Gasteiger partial charge >= 0.3 is 0 Å². The van der Waals surface area contributed by atoms with E-state index in [0.717, 1.165) is 50.0 Å². The Morgan fingerprint density at radius 1 is 1.31 bits per heavy atom. The Balaban J connectivity index is 1.29. The number of nitrogens with zero attached hydrogens (tertiary/aromatic N) is 4. The number of ether oxygens (including phenoxy) is 1. The van der Waals surface area contributed by atoms with Gasteiger partial charge in [-0.15, -0.1) is 0 Å². The maximum absolute atomic E-state index is 13.3. The van der Waals surface area contributed by atoms with Crippen molar-refractivity contribution in [2.75, 3.05) is 51.8 Å². The van der Waals surface area contributed by atoms with E-state index in [0.29, 0.717) is 31.6 Å². The highest BCUT2D eigenvalue weighted by Crippen LogP contribution is 2.41. The van der Waals surface area contributed by atoms with Gasteiger partial charge < -0.3 is 19.9 Å². The lowest BCUT2D eigenvalue weighted by Crippen LogP contribution is -2.49. The molecule has 2 saturated heterocycles. The van der Waals surface area contributed by atoms with Crippen LogP contribution in [-0.2, 0) is 23.2 Å². The largest absolute Gasteiger partial charge is 0.368 e. The number of carbonyl (C=O) groups is 1. The van der Waals surface area contributed by atoms with Crippen LogP contribution in [0.4, 0.5) is 5.95 Å². The second kappa shape index (κ2) is 8.79. The van der Waals surface area contributed by atoms with Crippen molar-refractivity contribution in [1.29, 1.82) is 0 Å². The van der Waals surface area contributed by atoms with Crippen molar-refractivity contribution < 1.29 is 9.53 Å². The highest BCUT2D eigenvalue weighted by Gasteiger charge is 2.43. The molecular weight excluding hydrogens is 402 g/mol. The SMILES string of the molecule is CN(C)c1ncc2c(n1)C1(CCN(C(=O)c3cccc(CC4CCNC4)c3)CC1)OCC2. The molecule has 7 nitrogen and oxygen atoms in total. The number of nitrogens with one attached hydrogen (secondary N) is 1. The fraction of sp³-hybridized carbons (Fsp3) is 0.560. The predicted octanol–water partition coefficient (Wildman–Crippen LogP) is 2.40. The maximum atomic E-state index is 13.3. The van der Waals surface area contributed by atoms with Crippen LogP contribution >= 0.6 is 0 Å². The van der Waals surface area contributed by atoms with Gasteiger partial charge in [-0.2, -0.15) is 0 Å². The lowest BCUT2D eigenvalue weighted by atomic mass is 9.83. The molecule has 0 saturated carbocycles. The first-order valence-electron chi connectivity index (χ1n) is 11.8. The Morgan fingerprint density at radius 2 is 2.16 bits per heavy atom. The molecule has 1 aromatic heterocycles. The summed E-state index contributed by atoms with van der Waals surface area (Å²) in [7, 11) is 3.91. The number of benzene rings is 1. The van der Waals surface area contributed by atoms with Crippen LogP contribution in [0, 0.1) is 5.92 Å². The average molecular weight is 436 g/mol. The molecule has 5 rings (SSSR count). The van der Waals surface area contributed by atoms with Gasteiger partial charge in [0.1, 0.15) is 5.60 Å². The third-order valence-corrected chi connectivity index (χ3v) is 7.15. The third kappa shape index (κ3) is 4.11. The smallest absolute Gasteiger partial charge is 0.253 e. The summed E-state index contributed by atoms with van der Waals surface area (Å²) in [5, 5.41) is 3.43. The van der Waals surface area contributed by atoms with E-state index in [1.807, 2.05) is 42.2 Å². The van der Waals surface area contributed by atoms with Gasteiger partial charge in [0.2, 0.25) is 5.95 Å². The summed E-state index contributed by atoms with van der Waals surface area (Å²) in [5.74, 6) is 1.51. The number of anilines is 1. The molecular formula is C25H33N5O2. The minimum absolute atomic E-state index is 0.124. The lowest BCUT2D eigenvalue weighted by molar-refractivity contribution is -0.0967. The van der Waals surface area contributed by atoms with Gasteiger partial charge in [0.15, 0.2) is 0 Å². The molecule has 0 radical (unpaired) electrons. The summed E-state index contributed by atoms with van der Waals surface area (Å²) in [5.41, 5.74) is 3.84.